The third-order valence-electron chi connectivity index (χ3n) is 4.85. The predicted octanol–water partition coefficient (Wildman–Crippen LogP) is 4.28. The van der Waals surface area contributed by atoms with Crippen molar-refractivity contribution < 1.29 is 23.5 Å². The van der Waals surface area contributed by atoms with Crippen molar-refractivity contribution in [2.45, 2.75) is 19.9 Å². The maximum atomic E-state index is 13.4. The number of benzene rings is 1. The smallest absolute Gasteiger partial charge is 0.296 e. The number of ketones is 1. The molecule has 9 heteroatoms. The van der Waals surface area contributed by atoms with Gasteiger partial charge in [-0.3, -0.25) is 14.5 Å². The lowest BCUT2D eigenvalue weighted by Crippen LogP contribution is -2.30. The summed E-state index contributed by atoms with van der Waals surface area (Å²) in [5, 5.41) is 20.3. The quantitative estimate of drug-likeness (QED) is 0.490. The summed E-state index contributed by atoms with van der Waals surface area (Å²) in [7, 11) is 0. The number of carbonyl (C=O) groups excluding carboxylic acids is 2. The van der Waals surface area contributed by atoms with Gasteiger partial charge >= 0.3 is 0 Å². The number of anilines is 1. The van der Waals surface area contributed by atoms with E-state index in [9.17, 15) is 14.7 Å². The van der Waals surface area contributed by atoms with Gasteiger partial charge in [-0.25, -0.2) is 0 Å². The average Bonchev–Trinajstić information content (AvgIpc) is 3.49. The number of Topliss-reactive ketones (excluding diaryl/α,β-unsaturated/α-hetero) is 1. The fourth-order valence-corrected chi connectivity index (χ4v) is 4.23. The van der Waals surface area contributed by atoms with E-state index in [1.165, 1.54) is 16.2 Å². The number of fused-ring (bicyclic) bond motifs is 1. The van der Waals surface area contributed by atoms with Gasteiger partial charge in [-0.2, -0.15) is 0 Å². The Morgan fingerprint density at radius 1 is 1.13 bits per heavy atom. The molecule has 4 heterocycles. The van der Waals surface area contributed by atoms with E-state index in [0.29, 0.717) is 22.1 Å². The molecule has 3 aromatic heterocycles. The van der Waals surface area contributed by atoms with E-state index in [4.69, 9.17) is 8.83 Å². The van der Waals surface area contributed by atoms with Crippen molar-refractivity contribution in [3.63, 3.8) is 0 Å². The fourth-order valence-electron chi connectivity index (χ4n) is 3.51. The van der Waals surface area contributed by atoms with Crippen LogP contribution in [0.1, 0.15) is 33.1 Å². The number of amides is 1. The van der Waals surface area contributed by atoms with Crippen molar-refractivity contribution in [3.05, 3.63) is 76.1 Å². The highest BCUT2D eigenvalue weighted by Gasteiger charge is 2.48. The van der Waals surface area contributed by atoms with Crippen LogP contribution in [0.3, 0.4) is 0 Å². The number of aliphatic hydroxyl groups excluding tert-OH is 1. The molecule has 0 fully saturated rings. The summed E-state index contributed by atoms with van der Waals surface area (Å²) >= 11 is 1.18. The Kier molecular flexibility index (Phi) is 4.07. The molecule has 0 saturated carbocycles. The first kappa shape index (κ1) is 18.3. The number of nitrogens with zero attached hydrogens (tertiary/aromatic N) is 3. The highest BCUT2D eigenvalue weighted by molar-refractivity contribution is 7.15. The van der Waals surface area contributed by atoms with Crippen molar-refractivity contribution in [2.75, 3.05) is 4.90 Å². The molecule has 1 aromatic carbocycles. The number of aryl methyl sites for hydroxylation is 2. The predicted molar refractivity (Wildman–Crippen MR) is 109 cm³/mol. The second-order valence-corrected chi connectivity index (χ2v) is 8.03. The van der Waals surface area contributed by atoms with Crippen molar-refractivity contribution in [1.82, 2.24) is 10.2 Å². The number of rotatable bonds is 4. The van der Waals surface area contributed by atoms with Gasteiger partial charge in [0, 0.05) is 5.39 Å². The average molecular weight is 421 g/mol. The highest BCUT2D eigenvalue weighted by atomic mass is 32.1. The molecule has 150 valence electrons. The van der Waals surface area contributed by atoms with Gasteiger partial charge in [0.15, 0.2) is 11.5 Å². The van der Waals surface area contributed by atoms with Gasteiger partial charge in [-0.05, 0) is 38.1 Å². The largest absolute Gasteiger partial charge is 0.503 e. The third kappa shape index (κ3) is 2.74. The molecule has 8 nitrogen and oxygen atoms in total. The summed E-state index contributed by atoms with van der Waals surface area (Å²) in [6.07, 6.45) is 0. The first-order chi connectivity index (χ1) is 14.4. The molecular weight excluding hydrogens is 406 g/mol. The lowest BCUT2D eigenvalue weighted by Gasteiger charge is -2.21. The second kappa shape index (κ2) is 6.67. The van der Waals surface area contributed by atoms with E-state index in [0.717, 1.165) is 5.39 Å². The van der Waals surface area contributed by atoms with Crippen molar-refractivity contribution in [3.8, 4) is 0 Å². The number of hydrogen-bond donors (Lipinski definition) is 1. The van der Waals surface area contributed by atoms with Crippen molar-refractivity contribution in [2.24, 2.45) is 0 Å². The van der Waals surface area contributed by atoms with Crippen LogP contribution in [0.25, 0.3) is 11.0 Å². The number of furan rings is 2. The van der Waals surface area contributed by atoms with Gasteiger partial charge in [-0.15, -0.1) is 10.2 Å². The van der Waals surface area contributed by atoms with E-state index < -0.39 is 23.5 Å². The fraction of sp³-hybridized carbons (Fsp3) is 0.143. The molecule has 1 aliphatic rings. The van der Waals surface area contributed by atoms with E-state index in [2.05, 4.69) is 10.2 Å². The summed E-state index contributed by atoms with van der Waals surface area (Å²) in [6, 6.07) is 11.2. The van der Waals surface area contributed by atoms with Crippen LogP contribution in [0, 0.1) is 13.8 Å². The van der Waals surface area contributed by atoms with Crippen LogP contribution < -0.4 is 4.90 Å². The van der Waals surface area contributed by atoms with Crippen LogP contribution in [0.15, 0.2) is 62.6 Å². The summed E-state index contributed by atoms with van der Waals surface area (Å²) in [5.41, 5.74) is 0.411. The number of aliphatic hydroxyl groups is 1. The molecule has 30 heavy (non-hydrogen) atoms. The number of hydrogen-bond acceptors (Lipinski definition) is 8. The minimum atomic E-state index is -0.987. The van der Waals surface area contributed by atoms with Crippen molar-refractivity contribution >= 4 is 39.1 Å². The van der Waals surface area contributed by atoms with Crippen LogP contribution >= 0.6 is 11.3 Å². The molecule has 0 aliphatic carbocycles. The summed E-state index contributed by atoms with van der Waals surface area (Å²) in [5.74, 6) is -1.05. The Bertz CT molecular complexity index is 1310. The van der Waals surface area contributed by atoms with E-state index in [1.807, 2.05) is 12.1 Å². The monoisotopic (exact) mass is 421 g/mol. The zero-order chi connectivity index (χ0) is 21.0. The van der Waals surface area contributed by atoms with Gasteiger partial charge < -0.3 is 13.9 Å². The number of carbonyl (C=O) groups is 2. The molecule has 1 unspecified atom stereocenters. The normalized spacial score (nSPS) is 16.8. The number of para-hydroxylation sites is 1. The summed E-state index contributed by atoms with van der Waals surface area (Å²) < 4.78 is 11.4. The maximum absolute atomic E-state index is 13.4. The molecule has 1 amide bonds. The van der Waals surface area contributed by atoms with Crippen LogP contribution in [0.5, 0.6) is 0 Å². The molecule has 1 N–H and O–H groups in total. The maximum Gasteiger partial charge on any atom is 0.296 e. The summed E-state index contributed by atoms with van der Waals surface area (Å²) in [4.78, 5) is 27.6. The Morgan fingerprint density at radius 2 is 1.93 bits per heavy atom. The molecule has 1 atom stereocenters. The zero-order valence-electron chi connectivity index (χ0n) is 15.9. The molecule has 0 radical (unpaired) electrons. The van der Waals surface area contributed by atoms with E-state index >= 15 is 0 Å². The standard InChI is InChI=1S/C21H15N3O5S/c1-10-7-8-14(28-10)17-16(18(25)15-9-12-5-3-4-6-13(12)29-15)19(26)20(27)24(17)21-23-22-11(2)30-21/h3-9,17,26H,1-2H3. The Hall–Kier alpha value is -3.72. The van der Waals surface area contributed by atoms with Crippen LogP contribution in [0.4, 0.5) is 5.13 Å². The van der Waals surface area contributed by atoms with Gasteiger partial charge in [-0.1, -0.05) is 29.5 Å². The molecule has 0 bridgehead atoms. The van der Waals surface area contributed by atoms with Crippen LogP contribution in [-0.2, 0) is 4.79 Å². The van der Waals surface area contributed by atoms with Gasteiger partial charge in [0.25, 0.3) is 5.91 Å². The van der Waals surface area contributed by atoms with Crippen molar-refractivity contribution in [1.29, 1.82) is 0 Å². The number of aromatic nitrogens is 2. The third-order valence-corrected chi connectivity index (χ3v) is 5.69. The highest BCUT2D eigenvalue weighted by Crippen LogP contribution is 2.43. The van der Waals surface area contributed by atoms with E-state index in [-0.39, 0.29) is 16.5 Å². The van der Waals surface area contributed by atoms with Crippen LogP contribution in [-0.4, -0.2) is 27.0 Å². The molecule has 1 aliphatic heterocycles. The first-order valence-electron chi connectivity index (χ1n) is 9.10. The SMILES string of the molecule is Cc1ccc(C2C(C(=O)c3cc4ccccc4o3)=C(O)C(=O)N2c2nnc(C)s2)o1. The first-order valence-corrected chi connectivity index (χ1v) is 9.92. The molecule has 0 saturated heterocycles. The Labute approximate surface area is 174 Å². The lowest BCUT2D eigenvalue weighted by molar-refractivity contribution is -0.117. The second-order valence-electron chi connectivity index (χ2n) is 6.87. The van der Waals surface area contributed by atoms with Gasteiger partial charge in [0.1, 0.15) is 28.2 Å². The minimum absolute atomic E-state index is 0.0223. The van der Waals surface area contributed by atoms with Gasteiger partial charge in [0.2, 0.25) is 10.9 Å². The Morgan fingerprint density at radius 3 is 2.60 bits per heavy atom. The Balaban J connectivity index is 1.66. The van der Waals surface area contributed by atoms with E-state index in [1.54, 1.807) is 44.2 Å². The summed E-state index contributed by atoms with van der Waals surface area (Å²) in [6.45, 7) is 3.51. The van der Waals surface area contributed by atoms with Crippen LogP contribution in [0.2, 0.25) is 0 Å². The van der Waals surface area contributed by atoms with Gasteiger partial charge in [0.05, 0.1) is 5.57 Å². The molecule has 0 spiro atoms. The zero-order valence-corrected chi connectivity index (χ0v) is 16.8. The topological polar surface area (TPSA) is 110 Å². The minimum Gasteiger partial charge on any atom is -0.503 e. The molecule has 4 aromatic rings. The molecular formula is C21H15N3O5S. The molecule has 5 rings (SSSR count). The lowest BCUT2D eigenvalue weighted by atomic mass is 10.00.